The van der Waals surface area contributed by atoms with Crippen molar-refractivity contribution in [1.29, 1.82) is 0 Å². The molecule has 0 heterocycles. The van der Waals surface area contributed by atoms with Gasteiger partial charge in [0.2, 0.25) is 5.78 Å². The normalized spacial score (nSPS) is 12.3. The summed E-state index contributed by atoms with van der Waals surface area (Å²) in [5.41, 5.74) is 1.37. The van der Waals surface area contributed by atoms with Gasteiger partial charge in [0.25, 0.3) is 5.69 Å². The Balaban J connectivity index is 2.14. The number of benzene rings is 2. The van der Waals surface area contributed by atoms with Crippen molar-refractivity contribution in [3.8, 4) is 0 Å². The van der Waals surface area contributed by atoms with E-state index in [0.717, 1.165) is 5.56 Å². The molecule has 0 aliphatic heterocycles. The molecule has 0 saturated heterocycles. The van der Waals surface area contributed by atoms with Crippen LogP contribution in [0.15, 0.2) is 47.4 Å². The summed E-state index contributed by atoms with van der Waals surface area (Å²) in [6.45, 7) is 7.73. The van der Waals surface area contributed by atoms with Crippen molar-refractivity contribution in [2.75, 3.05) is 6.26 Å². The number of Topliss-reactive ketones (excluding diaryl/α,β-unsaturated/α-hetero) is 1. The number of hydrogen-bond acceptors (Lipinski definition) is 6. The van der Waals surface area contributed by atoms with Gasteiger partial charge in [0.05, 0.1) is 15.4 Å². The lowest BCUT2D eigenvalue weighted by molar-refractivity contribution is -0.387. The number of esters is 1. The number of hydrogen-bond donors (Lipinski definition) is 0. The smallest absolute Gasteiger partial charge is 0.339 e. The molecule has 0 bridgehead atoms. The second-order valence-electron chi connectivity index (χ2n) is 7.38. The van der Waals surface area contributed by atoms with E-state index in [-0.39, 0.29) is 22.4 Å². The number of ether oxygens (including phenoxy) is 1. The van der Waals surface area contributed by atoms with Crippen LogP contribution >= 0.6 is 11.8 Å². The fourth-order valence-electron chi connectivity index (χ4n) is 2.61. The molecule has 0 N–H and O–H groups in total. The molecule has 0 aliphatic carbocycles. The molecule has 2 aromatic rings. The Labute approximate surface area is 168 Å². The minimum absolute atomic E-state index is 0.0304. The van der Waals surface area contributed by atoms with Crippen molar-refractivity contribution >= 4 is 29.2 Å². The maximum absolute atomic E-state index is 12.6. The van der Waals surface area contributed by atoms with E-state index in [1.54, 1.807) is 18.4 Å². The second kappa shape index (κ2) is 8.56. The SMILES string of the molecule is CSc1ccc(C(=O)O[C@H](C)C(=O)c2ccc(C(C)(C)C)cc2)cc1[N+](=O)[O-]. The van der Waals surface area contributed by atoms with Crippen LogP contribution in [-0.4, -0.2) is 29.0 Å². The number of nitro groups is 1. The summed E-state index contributed by atoms with van der Waals surface area (Å²) in [4.78, 5) is 36.0. The summed E-state index contributed by atoms with van der Waals surface area (Å²) in [7, 11) is 0. The number of carbonyl (C=O) groups is 2. The van der Waals surface area contributed by atoms with Crippen molar-refractivity contribution in [3.63, 3.8) is 0 Å². The Morgan fingerprint density at radius 1 is 1.07 bits per heavy atom. The van der Waals surface area contributed by atoms with Gasteiger partial charge < -0.3 is 4.74 Å². The molecule has 0 aliphatic rings. The van der Waals surface area contributed by atoms with Crippen LogP contribution in [-0.2, 0) is 10.2 Å². The zero-order valence-corrected chi connectivity index (χ0v) is 17.3. The van der Waals surface area contributed by atoms with Crippen molar-refractivity contribution in [1.82, 2.24) is 0 Å². The second-order valence-corrected chi connectivity index (χ2v) is 8.23. The van der Waals surface area contributed by atoms with Crippen molar-refractivity contribution < 1.29 is 19.2 Å². The van der Waals surface area contributed by atoms with E-state index in [9.17, 15) is 19.7 Å². The molecular weight excluding hydrogens is 378 g/mol. The largest absolute Gasteiger partial charge is 0.451 e. The molecule has 2 aromatic carbocycles. The van der Waals surface area contributed by atoms with Gasteiger partial charge in [-0.3, -0.25) is 14.9 Å². The summed E-state index contributed by atoms with van der Waals surface area (Å²) < 4.78 is 5.24. The number of carbonyl (C=O) groups excluding carboxylic acids is 2. The molecule has 2 rings (SSSR count). The standard InChI is InChI=1S/C21H23NO5S/c1-13(19(23)14-6-9-16(10-7-14)21(2,3)4)27-20(24)15-8-11-18(28-5)17(12-15)22(25)26/h6-13H,1-5H3/t13-/m1/s1. The molecule has 7 heteroatoms. The first-order chi connectivity index (χ1) is 13.0. The molecule has 6 nitrogen and oxygen atoms in total. The average molecular weight is 401 g/mol. The molecule has 0 saturated carbocycles. The van der Waals surface area contributed by atoms with Gasteiger partial charge in [-0.05, 0) is 36.3 Å². The topological polar surface area (TPSA) is 86.5 Å². The number of nitrogens with zero attached hydrogens (tertiary/aromatic N) is 1. The lowest BCUT2D eigenvalue weighted by atomic mass is 9.86. The molecule has 0 spiro atoms. The lowest BCUT2D eigenvalue weighted by Gasteiger charge is -2.19. The zero-order chi connectivity index (χ0) is 21.1. The molecule has 28 heavy (non-hydrogen) atoms. The fourth-order valence-corrected chi connectivity index (χ4v) is 3.16. The molecule has 0 amide bonds. The van der Waals surface area contributed by atoms with Gasteiger partial charge in [-0.1, -0.05) is 45.0 Å². The summed E-state index contributed by atoms with van der Waals surface area (Å²) in [5.74, 6) is -1.10. The molecule has 0 fully saturated rings. The van der Waals surface area contributed by atoms with Gasteiger partial charge in [-0.2, -0.15) is 0 Å². The minimum atomic E-state index is -1.01. The number of thioether (sulfide) groups is 1. The summed E-state index contributed by atoms with van der Waals surface area (Å²) >= 11 is 1.22. The quantitative estimate of drug-likeness (QED) is 0.221. The predicted octanol–water partition coefficient (Wildman–Crippen LogP) is 5.04. The molecule has 148 valence electrons. The van der Waals surface area contributed by atoms with Crippen LogP contribution in [0.5, 0.6) is 0 Å². The average Bonchev–Trinajstić information content (AvgIpc) is 2.66. The van der Waals surface area contributed by atoms with Crippen LogP contribution in [0.3, 0.4) is 0 Å². The van der Waals surface area contributed by atoms with Crippen LogP contribution in [0.1, 0.15) is 54.0 Å². The Bertz CT molecular complexity index is 900. The van der Waals surface area contributed by atoms with Gasteiger partial charge in [-0.15, -0.1) is 11.8 Å². The maximum atomic E-state index is 12.6. The molecule has 0 radical (unpaired) electrons. The number of ketones is 1. The van der Waals surface area contributed by atoms with Crippen LogP contribution in [0.2, 0.25) is 0 Å². The van der Waals surface area contributed by atoms with Crippen LogP contribution in [0.4, 0.5) is 5.69 Å². The first-order valence-electron chi connectivity index (χ1n) is 8.72. The highest BCUT2D eigenvalue weighted by molar-refractivity contribution is 7.98. The highest BCUT2D eigenvalue weighted by Gasteiger charge is 2.23. The highest BCUT2D eigenvalue weighted by atomic mass is 32.2. The van der Waals surface area contributed by atoms with Gasteiger partial charge >= 0.3 is 5.97 Å². The third-order valence-corrected chi connectivity index (χ3v) is 5.08. The Morgan fingerprint density at radius 3 is 2.14 bits per heavy atom. The highest BCUT2D eigenvalue weighted by Crippen LogP contribution is 2.29. The van der Waals surface area contributed by atoms with Gasteiger partial charge in [0.15, 0.2) is 6.10 Å². The van der Waals surface area contributed by atoms with E-state index in [0.29, 0.717) is 10.5 Å². The van der Waals surface area contributed by atoms with Crippen LogP contribution in [0.25, 0.3) is 0 Å². The zero-order valence-electron chi connectivity index (χ0n) is 16.5. The predicted molar refractivity (Wildman–Crippen MR) is 109 cm³/mol. The minimum Gasteiger partial charge on any atom is -0.451 e. The van der Waals surface area contributed by atoms with E-state index >= 15 is 0 Å². The summed E-state index contributed by atoms with van der Waals surface area (Å²) in [6, 6.07) is 11.3. The third-order valence-electron chi connectivity index (χ3n) is 4.30. The Hall–Kier alpha value is -2.67. The Morgan fingerprint density at radius 2 is 1.64 bits per heavy atom. The van der Waals surface area contributed by atoms with E-state index in [2.05, 4.69) is 20.8 Å². The van der Waals surface area contributed by atoms with Gasteiger partial charge in [0.1, 0.15) is 0 Å². The molecule has 1 atom stereocenters. The Kier molecular flexibility index (Phi) is 6.61. The first kappa shape index (κ1) is 21.6. The van der Waals surface area contributed by atoms with Crippen LogP contribution < -0.4 is 0 Å². The summed E-state index contributed by atoms with van der Waals surface area (Å²) in [5, 5.41) is 11.2. The molecule has 0 unspecified atom stereocenters. The maximum Gasteiger partial charge on any atom is 0.339 e. The number of rotatable bonds is 6. The third kappa shape index (κ3) is 4.98. The first-order valence-corrected chi connectivity index (χ1v) is 9.95. The van der Waals surface area contributed by atoms with E-state index < -0.39 is 17.0 Å². The lowest BCUT2D eigenvalue weighted by Crippen LogP contribution is -2.24. The van der Waals surface area contributed by atoms with Crippen molar-refractivity contribution in [3.05, 3.63) is 69.3 Å². The van der Waals surface area contributed by atoms with Gasteiger partial charge in [0, 0.05) is 11.6 Å². The monoisotopic (exact) mass is 401 g/mol. The van der Waals surface area contributed by atoms with E-state index in [1.165, 1.54) is 36.9 Å². The van der Waals surface area contributed by atoms with Crippen molar-refractivity contribution in [2.45, 2.75) is 44.1 Å². The van der Waals surface area contributed by atoms with Gasteiger partial charge in [-0.25, -0.2) is 4.79 Å². The van der Waals surface area contributed by atoms with E-state index in [1.807, 2.05) is 12.1 Å². The summed E-state index contributed by atoms with van der Waals surface area (Å²) in [6.07, 6.45) is 0.707. The van der Waals surface area contributed by atoms with Crippen molar-refractivity contribution in [2.24, 2.45) is 0 Å². The van der Waals surface area contributed by atoms with Crippen LogP contribution in [0, 0.1) is 10.1 Å². The van der Waals surface area contributed by atoms with E-state index in [4.69, 9.17) is 4.74 Å². The number of nitro benzene ring substituents is 1. The molecule has 0 aromatic heterocycles. The molecular formula is C21H23NO5S. The fraction of sp³-hybridized carbons (Fsp3) is 0.333.